The number of thiazole rings is 1. The second-order valence-corrected chi connectivity index (χ2v) is 7.91. The Morgan fingerprint density at radius 3 is 2.75 bits per heavy atom. The molecule has 0 unspecified atom stereocenters. The third-order valence-corrected chi connectivity index (χ3v) is 5.76. The van der Waals surface area contributed by atoms with Crippen molar-refractivity contribution in [2.45, 2.75) is 45.6 Å². The van der Waals surface area contributed by atoms with Crippen LogP contribution in [-0.2, 0) is 11.2 Å². The number of anilines is 1. The number of likely N-dealkylation sites (tertiary alicyclic amines) is 1. The van der Waals surface area contributed by atoms with E-state index in [0.717, 1.165) is 38.0 Å². The van der Waals surface area contributed by atoms with E-state index in [2.05, 4.69) is 25.5 Å². The fourth-order valence-corrected chi connectivity index (χ4v) is 3.99. The van der Waals surface area contributed by atoms with E-state index in [1.54, 1.807) is 11.4 Å². The lowest BCUT2D eigenvalue weighted by Gasteiger charge is -2.26. The highest BCUT2D eigenvalue weighted by Gasteiger charge is 2.19. The summed E-state index contributed by atoms with van der Waals surface area (Å²) < 4.78 is 0. The summed E-state index contributed by atoms with van der Waals surface area (Å²) in [4.78, 5) is 35.7. The fraction of sp³-hybridized carbons (Fsp3) is 0.500. The number of aromatic nitrogens is 2. The molecule has 1 aliphatic rings. The largest absolute Gasteiger partial charge is 0.346 e. The Bertz CT molecular complexity index is 816. The van der Waals surface area contributed by atoms with E-state index in [0.29, 0.717) is 23.1 Å². The smallest absolute Gasteiger partial charge is 0.276 e. The van der Waals surface area contributed by atoms with Crippen LogP contribution in [-0.4, -0.2) is 46.3 Å². The first-order chi connectivity index (χ1) is 13.5. The lowest BCUT2D eigenvalue weighted by atomic mass is 10.1. The maximum absolute atomic E-state index is 12.4. The van der Waals surface area contributed by atoms with Gasteiger partial charge in [-0.15, -0.1) is 11.3 Å². The summed E-state index contributed by atoms with van der Waals surface area (Å²) in [7, 11) is 0. The van der Waals surface area contributed by atoms with Gasteiger partial charge in [0.1, 0.15) is 16.5 Å². The number of amides is 2. The first kappa shape index (κ1) is 20.4. The second kappa shape index (κ2) is 9.75. The quantitative estimate of drug-likeness (QED) is 0.745. The van der Waals surface area contributed by atoms with Crippen LogP contribution in [0, 0.1) is 0 Å². The van der Waals surface area contributed by atoms with Gasteiger partial charge in [-0.2, -0.15) is 0 Å². The van der Waals surface area contributed by atoms with E-state index >= 15 is 0 Å². The van der Waals surface area contributed by atoms with Crippen molar-refractivity contribution in [1.29, 1.82) is 0 Å². The van der Waals surface area contributed by atoms with Crippen molar-refractivity contribution in [3.63, 3.8) is 0 Å². The number of hydrogen-bond donors (Lipinski definition) is 2. The molecule has 0 spiro atoms. The average molecular weight is 402 g/mol. The minimum absolute atomic E-state index is 0.00354. The van der Waals surface area contributed by atoms with Crippen LogP contribution in [0.4, 0.5) is 5.82 Å². The van der Waals surface area contributed by atoms with Gasteiger partial charge in [-0.05, 0) is 51.4 Å². The molecule has 0 aromatic carbocycles. The Labute approximate surface area is 169 Å². The van der Waals surface area contributed by atoms with E-state index < -0.39 is 0 Å². The summed E-state index contributed by atoms with van der Waals surface area (Å²) in [5.41, 5.74) is 1.25. The number of piperidine rings is 1. The lowest BCUT2D eigenvalue weighted by Crippen LogP contribution is -2.40. The molecule has 3 heterocycles. The molecule has 0 aliphatic carbocycles. The van der Waals surface area contributed by atoms with E-state index in [1.165, 1.54) is 17.8 Å². The van der Waals surface area contributed by atoms with E-state index in [9.17, 15) is 9.59 Å². The molecule has 150 valence electrons. The topological polar surface area (TPSA) is 87.2 Å². The summed E-state index contributed by atoms with van der Waals surface area (Å²) in [6, 6.07) is 5.32. The van der Waals surface area contributed by atoms with E-state index in [4.69, 9.17) is 0 Å². The molecule has 2 N–H and O–H groups in total. The molecule has 1 aliphatic heterocycles. The van der Waals surface area contributed by atoms with Gasteiger partial charge in [0, 0.05) is 11.1 Å². The third kappa shape index (κ3) is 5.59. The summed E-state index contributed by atoms with van der Waals surface area (Å²) in [5.74, 6) is 0.216. The maximum atomic E-state index is 12.4. The third-order valence-electron chi connectivity index (χ3n) is 4.73. The first-order valence-corrected chi connectivity index (χ1v) is 10.7. The minimum atomic E-state index is -0.296. The predicted molar refractivity (Wildman–Crippen MR) is 111 cm³/mol. The van der Waals surface area contributed by atoms with Crippen LogP contribution in [0.3, 0.4) is 0 Å². The standard InChI is InChI=1S/C20H27N5O2S/c1-3-15-8-7-9-17(22-15)24-19(27)16-13-28-20(23-16)14(2)21-18(26)12-25-10-5-4-6-11-25/h7-9,13-14H,3-6,10-12H2,1-2H3,(H,21,26)(H,22,24,27)/t14-/m0/s1. The molecule has 3 rings (SSSR count). The van der Waals surface area contributed by atoms with Crippen molar-refractivity contribution < 1.29 is 9.59 Å². The fourth-order valence-electron chi connectivity index (χ4n) is 3.19. The SMILES string of the molecule is CCc1cccc(NC(=O)c2csc([C@H](C)NC(=O)CN3CCCCC3)n2)n1. The van der Waals surface area contributed by atoms with Crippen molar-refractivity contribution >= 4 is 29.0 Å². The Morgan fingerprint density at radius 2 is 2.00 bits per heavy atom. The number of nitrogens with one attached hydrogen (secondary N) is 2. The van der Waals surface area contributed by atoms with Crippen LogP contribution in [0.25, 0.3) is 0 Å². The summed E-state index contributed by atoms with van der Waals surface area (Å²) in [6.45, 7) is 6.29. The van der Waals surface area contributed by atoms with Gasteiger partial charge in [-0.3, -0.25) is 14.5 Å². The Balaban J connectivity index is 1.54. The van der Waals surface area contributed by atoms with E-state index in [-0.39, 0.29) is 17.9 Å². The summed E-state index contributed by atoms with van der Waals surface area (Å²) in [5, 5.41) is 8.19. The Morgan fingerprint density at radius 1 is 1.21 bits per heavy atom. The molecular weight excluding hydrogens is 374 g/mol. The van der Waals surface area contributed by atoms with E-state index in [1.807, 2.05) is 26.0 Å². The van der Waals surface area contributed by atoms with Crippen molar-refractivity contribution in [2.24, 2.45) is 0 Å². The number of carbonyl (C=O) groups is 2. The number of carbonyl (C=O) groups excluding carboxylic acids is 2. The molecule has 0 saturated carbocycles. The zero-order valence-electron chi connectivity index (χ0n) is 16.4. The molecule has 0 radical (unpaired) electrons. The molecule has 1 atom stereocenters. The molecule has 0 bridgehead atoms. The van der Waals surface area contributed by atoms with Gasteiger partial charge in [0.05, 0.1) is 12.6 Å². The number of pyridine rings is 1. The summed E-state index contributed by atoms with van der Waals surface area (Å²) in [6.07, 6.45) is 4.36. The van der Waals surface area contributed by atoms with Crippen LogP contribution >= 0.6 is 11.3 Å². The van der Waals surface area contributed by atoms with Crippen molar-refractivity contribution in [2.75, 3.05) is 25.0 Å². The Kier molecular flexibility index (Phi) is 7.11. The number of aryl methyl sites for hydroxylation is 1. The van der Waals surface area contributed by atoms with Crippen LogP contribution in [0.1, 0.15) is 60.3 Å². The predicted octanol–water partition coefficient (Wildman–Crippen LogP) is 3.02. The van der Waals surface area contributed by atoms with Crippen LogP contribution in [0.15, 0.2) is 23.6 Å². The molecule has 2 aromatic heterocycles. The van der Waals surface area contributed by atoms with Crippen molar-refractivity contribution in [3.05, 3.63) is 40.0 Å². The van der Waals surface area contributed by atoms with Gasteiger partial charge in [0.25, 0.3) is 5.91 Å². The number of hydrogen-bond acceptors (Lipinski definition) is 6. The maximum Gasteiger partial charge on any atom is 0.276 e. The van der Waals surface area contributed by atoms with Crippen LogP contribution in [0.5, 0.6) is 0 Å². The van der Waals surface area contributed by atoms with Gasteiger partial charge in [0.15, 0.2) is 0 Å². The van der Waals surface area contributed by atoms with Crippen molar-refractivity contribution in [3.8, 4) is 0 Å². The molecule has 2 amide bonds. The first-order valence-electron chi connectivity index (χ1n) is 9.79. The average Bonchev–Trinajstić information content (AvgIpc) is 3.19. The second-order valence-electron chi connectivity index (χ2n) is 7.02. The lowest BCUT2D eigenvalue weighted by molar-refractivity contribution is -0.123. The zero-order chi connectivity index (χ0) is 19.9. The van der Waals surface area contributed by atoms with Crippen LogP contribution < -0.4 is 10.6 Å². The van der Waals surface area contributed by atoms with Crippen LogP contribution in [0.2, 0.25) is 0 Å². The van der Waals surface area contributed by atoms with Gasteiger partial charge >= 0.3 is 0 Å². The zero-order valence-corrected chi connectivity index (χ0v) is 17.2. The number of nitrogens with zero attached hydrogens (tertiary/aromatic N) is 3. The summed E-state index contributed by atoms with van der Waals surface area (Å²) >= 11 is 1.37. The molecule has 7 nitrogen and oxygen atoms in total. The highest BCUT2D eigenvalue weighted by atomic mass is 32.1. The van der Waals surface area contributed by atoms with Gasteiger partial charge in [0.2, 0.25) is 5.91 Å². The van der Waals surface area contributed by atoms with Crippen molar-refractivity contribution in [1.82, 2.24) is 20.2 Å². The highest BCUT2D eigenvalue weighted by molar-refractivity contribution is 7.09. The molecule has 2 aromatic rings. The highest BCUT2D eigenvalue weighted by Crippen LogP contribution is 2.19. The van der Waals surface area contributed by atoms with Gasteiger partial charge in [-0.1, -0.05) is 19.4 Å². The minimum Gasteiger partial charge on any atom is -0.346 e. The molecule has 8 heteroatoms. The molecule has 28 heavy (non-hydrogen) atoms. The Hall–Kier alpha value is -2.32. The monoisotopic (exact) mass is 401 g/mol. The number of rotatable bonds is 7. The molecule has 1 fully saturated rings. The molecule has 1 saturated heterocycles. The van der Waals surface area contributed by atoms with Gasteiger partial charge in [-0.25, -0.2) is 9.97 Å². The van der Waals surface area contributed by atoms with Gasteiger partial charge < -0.3 is 10.6 Å². The molecular formula is C20H27N5O2S. The normalized spacial score (nSPS) is 15.8.